The predicted molar refractivity (Wildman–Crippen MR) is 119 cm³/mol. The molecule has 1 heterocycles. The van der Waals surface area contributed by atoms with E-state index in [1.807, 2.05) is 51.1 Å². The van der Waals surface area contributed by atoms with Crippen LogP contribution in [-0.4, -0.2) is 67.3 Å². The van der Waals surface area contributed by atoms with Gasteiger partial charge in [-0.3, -0.25) is 9.69 Å². The first-order valence-corrected chi connectivity index (χ1v) is 10.8. The fourth-order valence-corrected chi connectivity index (χ4v) is 3.85. The Labute approximate surface area is 184 Å². The maximum absolute atomic E-state index is 13.0. The van der Waals surface area contributed by atoms with Crippen molar-refractivity contribution >= 4 is 23.7 Å². The van der Waals surface area contributed by atoms with E-state index in [1.54, 1.807) is 11.8 Å². The summed E-state index contributed by atoms with van der Waals surface area (Å²) in [5.41, 5.74) is -0.889. The fourth-order valence-electron chi connectivity index (χ4n) is 3.85. The number of benzene rings is 1. The number of hydrogen-bond donors (Lipinski definition) is 1. The maximum Gasteiger partial charge on any atom is 0.407 e. The first-order valence-electron chi connectivity index (χ1n) is 10.8. The lowest BCUT2D eigenvalue weighted by Crippen LogP contribution is -2.63. The van der Waals surface area contributed by atoms with E-state index >= 15 is 0 Å². The number of anilines is 1. The highest BCUT2D eigenvalue weighted by Gasteiger charge is 2.49. The van der Waals surface area contributed by atoms with E-state index in [9.17, 15) is 14.4 Å². The third-order valence-corrected chi connectivity index (χ3v) is 5.34. The zero-order chi connectivity index (χ0) is 23.1. The second kappa shape index (κ2) is 10.6. The molecule has 0 bridgehead atoms. The minimum absolute atomic E-state index is 0.114. The molecule has 1 aliphatic rings. The van der Waals surface area contributed by atoms with Gasteiger partial charge in [0.25, 0.3) is 0 Å². The van der Waals surface area contributed by atoms with Gasteiger partial charge in [0.05, 0.1) is 7.11 Å². The van der Waals surface area contributed by atoms with Gasteiger partial charge in [-0.25, -0.2) is 9.59 Å². The Morgan fingerprint density at radius 3 is 2.26 bits per heavy atom. The Kier molecular flexibility index (Phi) is 8.44. The number of amides is 2. The molecule has 0 aliphatic carbocycles. The predicted octanol–water partition coefficient (Wildman–Crippen LogP) is 2.96. The highest BCUT2D eigenvalue weighted by molar-refractivity contribution is 6.02. The van der Waals surface area contributed by atoms with Gasteiger partial charge >= 0.3 is 12.1 Å². The summed E-state index contributed by atoms with van der Waals surface area (Å²) in [4.78, 5) is 41.5. The van der Waals surface area contributed by atoms with Crippen molar-refractivity contribution in [1.82, 2.24) is 10.2 Å². The molecule has 31 heavy (non-hydrogen) atoms. The summed E-state index contributed by atoms with van der Waals surface area (Å²) in [6.45, 7) is 9.52. The molecule has 0 aromatic heterocycles. The summed E-state index contributed by atoms with van der Waals surface area (Å²) >= 11 is 0. The monoisotopic (exact) mass is 433 g/mol. The topological polar surface area (TPSA) is 88.2 Å². The molecule has 8 heteroatoms. The summed E-state index contributed by atoms with van der Waals surface area (Å²) < 4.78 is 10.4. The average molecular weight is 434 g/mol. The highest BCUT2D eigenvalue weighted by atomic mass is 16.6. The fraction of sp³-hybridized carbons (Fsp3) is 0.609. The van der Waals surface area contributed by atoms with Crippen LogP contribution in [0.4, 0.5) is 10.5 Å². The van der Waals surface area contributed by atoms with Crippen LogP contribution in [0.1, 0.15) is 47.0 Å². The zero-order valence-electron chi connectivity index (χ0n) is 19.3. The van der Waals surface area contributed by atoms with Crippen LogP contribution in [0, 0.1) is 0 Å². The van der Waals surface area contributed by atoms with Crippen LogP contribution in [0.5, 0.6) is 0 Å². The summed E-state index contributed by atoms with van der Waals surface area (Å²) in [6.07, 6.45) is 0.744. The smallest absolute Gasteiger partial charge is 0.407 e. The van der Waals surface area contributed by atoms with Crippen molar-refractivity contribution in [3.05, 3.63) is 30.3 Å². The molecule has 1 saturated heterocycles. The van der Waals surface area contributed by atoms with Gasteiger partial charge in [0, 0.05) is 38.3 Å². The molecule has 0 spiro atoms. The molecule has 1 aromatic rings. The molecule has 1 N–H and O–H groups in total. The number of alkyl carbamates (subject to hydrolysis) is 1. The van der Waals surface area contributed by atoms with E-state index in [1.165, 1.54) is 7.11 Å². The van der Waals surface area contributed by atoms with Crippen molar-refractivity contribution in [2.24, 2.45) is 0 Å². The number of piperidine rings is 1. The van der Waals surface area contributed by atoms with Gasteiger partial charge in [0.15, 0.2) is 0 Å². The molecule has 172 valence electrons. The van der Waals surface area contributed by atoms with Crippen molar-refractivity contribution in [1.29, 1.82) is 0 Å². The Bertz CT molecular complexity index is 752. The number of para-hydroxylation sites is 1. The number of carbonyl (C=O) groups is 3. The van der Waals surface area contributed by atoms with Crippen LogP contribution < -0.4 is 10.2 Å². The van der Waals surface area contributed by atoms with Crippen molar-refractivity contribution in [3.8, 4) is 0 Å². The van der Waals surface area contributed by atoms with Crippen molar-refractivity contribution in [2.45, 2.75) is 58.1 Å². The Morgan fingerprint density at radius 1 is 1.13 bits per heavy atom. The van der Waals surface area contributed by atoms with Gasteiger partial charge in [-0.2, -0.15) is 0 Å². The van der Waals surface area contributed by atoms with E-state index in [2.05, 4.69) is 10.2 Å². The van der Waals surface area contributed by atoms with E-state index in [4.69, 9.17) is 9.47 Å². The van der Waals surface area contributed by atoms with Gasteiger partial charge in [0.2, 0.25) is 5.91 Å². The average Bonchev–Trinajstić information content (AvgIpc) is 2.73. The number of nitrogens with zero attached hydrogens (tertiary/aromatic N) is 2. The van der Waals surface area contributed by atoms with E-state index in [0.717, 1.165) is 0 Å². The SMILES string of the molecule is CCC(=O)N(c1ccccc1)C1(C(=O)OC)CCN(CCNC(=O)OC(C)(C)C)CC1. The highest BCUT2D eigenvalue weighted by Crippen LogP contribution is 2.35. The number of rotatable bonds is 7. The summed E-state index contributed by atoms with van der Waals surface area (Å²) in [5, 5.41) is 2.76. The van der Waals surface area contributed by atoms with Gasteiger partial charge in [0.1, 0.15) is 11.1 Å². The Balaban J connectivity index is 2.08. The molecule has 1 aliphatic heterocycles. The molecular formula is C23H35N3O5. The molecule has 2 amide bonds. The number of nitrogens with one attached hydrogen (secondary N) is 1. The van der Waals surface area contributed by atoms with Crippen LogP contribution in [0.3, 0.4) is 0 Å². The lowest BCUT2D eigenvalue weighted by Gasteiger charge is -2.46. The van der Waals surface area contributed by atoms with Crippen LogP contribution in [0.25, 0.3) is 0 Å². The second-order valence-corrected chi connectivity index (χ2v) is 8.71. The van der Waals surface area contributed by atoms with Crippen LogP contribution in [0.2, 0.25) is 0 Å². The van der Waals surface area contributed by atoms with Gasteiger partial charge in [-0.05, 0) is 45.7 Å². The Hall–Kier alpha value is -2.61. The molecule has 1 fully saturated rings. The summed E-state index contributed by atoms with van der Waals surface area (Å²) in [6, 6.07) is 9.27. The zero-order valence-corrected chi connectivity index (χ0v) is 19.3. The van der Waals surface area contributed by atoms with Gasteiger partial charge in [-0.15, -0.1) is 0 Å². The summed E-state index contributed by atoms with van der Waals surface area (Å²) in [7, 11) is 1.36. The second-order valence-electron chi connectivity index (χ2n) is 8.71. The third-order valence-electron chi connectivity index (χ3n) is 5.34. The normalized spacial score (nSPS) is 16.3. The van der Waals surface area contributed by atoms with Crippen LogP contribution >= 0.6 is 0 Å². The van der Waals surface area contributed by atoms with Crippen molar-refractivity contribution in [3.63, 3.8) is 0 Å². The minimum Gasteiger partial charge on any atom is -0.467 e. The van der Waals surface area contributed by atoms with Crippen LogP contribution in [0.15, 0.2) is 30.3 Å². The van der Waals surface area contributed by atoms with E-state index < -0.39 is 23.2 Å². The molecule has 0 unspecified atom stereocenters. The molecule has 2 rings (SSSR count). The number of methoxy groups -OCH3 is 1. The number of hydrogen-bond acceptors (Lipinski definition) is 6. The first kappa shape index (κ1) is 24.7. The number of ether oxygens (including phenoxy) is 2. The number of esters is 1. The largest absolute Gasteiger partial charge is 0.467 e. The third kappa shape index (κ3) is 6.43. The Morgan fingerprint density at radius 2 is 1.74 bits per heavy atom. The maximum atomic E-state index is 13.0. The van der Waals surface area contributed by atoms with Gasteiger partial charge in [-0.1, -0.05) is 25.1 Å². The summed E-state index contributed by atoms with van der Waals surface area (Å²) in [5.74, 6) is -0.513. The first-order chi connectivity index (χ1) is 14.6. The minimum atomic E-state index is -1.04. The lowest BCUT2D eigenvalue weighted by atomic mass is 9.84. The molecule has 0 saturated carbocycles. The molecule has 8 nitrogen and oxygen atoms in total. The molecule has 0 atom stereocenters. The van der Waals surface area contributed by atoms with E-state index in [-0.39, 0.29) is 12.3 Å². The standard InChI is InChI=1S/C23H35N3O5/c1-6-19(27)26(18-10-8-7-9-11-18)23(20(28)30-5)12-15-25(16-13-23)17-14-24-21(29)31-22(2,3)4/h7-11H,6,12-17H2,1-5H3,(H,24,29). The number of carbonyl (C=O) groups excluding carboxylic acids is 3. The van der Waals surface area contributed by atoms with Crippen LogP contribution in [-0.2, 0) is 19.1 Å². The number of likely N-dealkylation sites (tertiary alicyclic amines) is 1. The van der Waals surface area contributed by atoms with Crippen molar-refractivity contribution in [2.75, 3.05) is 38.2 Å². The molecule has 1 aromatic carbocycles. The van der Waals surface area contributed by atoms with E-state index in [0.29, 0.717) is 44.7 Å². The lowest BCUT2D eigenvalue weighted by molar-refractivity contribution is -0.150. The van der Waals surface area contributed by atoms with Gasteiger partial charge < -0.3 is 19.7 Å². The molecular weight excluding hydrogens is 398 g/mol. The molecule has 0 radical (unpaired) electrons. The quantitative estimate of drug-likeness (QED) is 0.665. The van der Waals surface area contributed by atoms with Crippen molar-refractivity contribution < 1.29 is 23.9 Å².